The lowest BCUT2D eigenvalue weighted by Crippen LogP contribution is -2.40. The summed E-state index contributed by atoms with van der Waals surface area (Å²) < 4.78 is 6.44. The summed E-state index contributed by atoms with van der Waals surface area (Å²) in [4.78, 5) is 11.7. The number of halogens is 1. The zero-order valence-electron chi connectivity index (χ0n) is 12.3. The topological polar surface area (TPSA) is 38.3 Å². The minimum Gasteiger partial charge on any atom is -0.459 e. The van der Waals surface area contributed by atoms with Gasteiger partial charge in [0.2, 0.25) is 0 Å². The van der Waals surface area contributed by atoms with E-state index in [4.69, 9.17) is 4.74 Å². The summed E-state index contributed by atoms with van der Waals surface area (Å²) in [5.74, 6) is -0.181. The van der Waals surface area contributed by atoms with Crippen LogP contribution in [0.15, 0.2) is 22.7 Å². The smallest absolute Gasteiger partial charge is 0.320 e. The van der Waals surface area contributed by atoms with E-state index in [0.29, 0.717) is 6.04 Å². The SMILES string of the molecule is CC(C)(C)OC(=O)CNC1CCc2cc(Br)ccc2C1. The lowest BCUT2D eigenvalue weighted by molar-refractivity contribution is -0.153. The van der Waals surface area contributed by atoms with Gasteiger partial charge >= 0.3 is 5.97 Å². The first-order valence-electron chi connectivity index (χ1n) is 7.06. The number of hydrogen-bond acceptors (Lipinski definition) is 3. The molecule has 2 rings (SSSR count). The zero-order valence-corrected chi connectivity index (χ0v) is 13.9. The molecule has 1 atom stereocenters. The van der Waals surface area contributed by atoms with E-state index in [-0.39, 0.29) is 12.5 Å². The monoisotopic (exact) mass is 339 g/mol. The van der Waals surface area contributed by atoms with Crippen LogP contribution in [0.2, 0.25) is 0 Å². The Kier molecular flexibility index (Phi) is 4.86. The van der Waals surface area contributed by atoms with Gasteiger partial charge in [-0.3, -0.25) is 4.79 Å². The molecule has 0 radical (unpaired) electrons. The van der Waals surface area contributed by atoms with Crippen LogP contribution in [0.1, 0.15) is 38.3 Å². The van der Waals surface area contributed by atoms with Gasteiger partial charge in [0.1, 0.15) is 5.60 Å². The molecule has 1 unspecified atom stereocenters. The van der Waals surface area contributed by atoms with Crippen molar-refractivity contribution in [2.45, 2.75) is 51.7 Å². The summed E-state index contributed by atoms with van der Waals surface area (Å²) in [5, 5.41) is 3.31. The third-order valence-electron chi connectivity index (χ3n) is 3.35. The van der Waals surface area contributed by atoms with E-state index in [0.717, 1.165) is 23.7 Å². The Hall–Kier alpha value is -0.870. The Morgan fingerprint density at radius 3 is 2.85 bits per heavy atom. The second-order valence-electron chi connectivity index (χ2n) is 6.32. The zero-order chi connectivity index (χ0) is 14.8. The molecule has 1 aromatic rings. The second kappa shape index (κ2) is 6.27. The van der Waals surface area contributed by atoms with Gasteiger partial charge in [-0.2, -0.15) is 0 Å². The standard InChI is InChI=1S/C16H22BrNO2/c1-16(2,3)20-15(19)10-18-14-7-5-11-8-13(17)6-4-12(11)9-14/h4,6,8,14,18H,5,7,9-10H2,1-3H3. The predicted octanol–water partition coefficient (Wildman–Crippen LogP) is 3.24. The number of nitrogens with one attached hydrogen (secondary N) is 1. The van der Waals surface area contributed by atoms with Crippen molar-refractivity contribution in [3.63, 3.8) is 0 Å². The van der Waals surface area contributed by atoms with Crippen LogP contribution in [0.25, 0.3) is 0 Å². The molecule has 20 heavy (non-hydrogen) atoms. The van der Waals surface area contributed by atoms with Crippen molar-refractivity contribution in [2.75, 3.05) is 6.54 Å². The first kappa shape index (κ1) is 15.5. The lowest BCUT2D eigenvalue weighted by Gasteiger charge is -2.26. The van der Waals surface area contributed by atoms with E-state index in [1.54, 1.807) is 0 Å². The van der Waals surface area contributed by atoms with Crippen LogP contribution in [0.4, 0.5) is 0 Å². The van der Waals surface area contributed by atoms with E-state index in [1.807, 2.05) is 20.8 Å². The van der Waals surface area contributed by atoms with Gasteiger partial charge in [0.05, 0.1) is 6.54 Å². The van der Waals surface area contributed by atoms with Gasteiger partial charge in [-0.1, -0.05) is 22.0 Å². The van der Waals surface area contributed by atoms with Crippen LogP contribution in [0.3, 0.4) is 0 Å². The molecule has 0 aliphatic heterocycles. The quantitative estimate of drug-likeness (QED) is 0.859. The highest BCUT2D eigenvalue weighted by molar-refractivity contribution is 9.10. The first-order chi connectivity index (χ1) is 9.33. The fourth-order valence-electron chi connectivity index (χ4n) is 2.50. The fraction of sp³-hybridized carbons (Fsp3) is 0.562. The van der Waals surface area contributed by atoms with Crippen LogP contribution >= 0.6 is 15.9 Å². The molecule has 1 aliphatic carbocycles. The van der Waals surface area contributed by atoms with Crippen molar-refractivity contribution < 1.29 is 9.53 Å². The highest BCUT2D eigenvalue weighted by Crippen LogP contribution is 2.24. The minimum atomic E-state index is -0.412. The summed E-state index contributed by atoms with van der Waals surface area (Å²) in [6.07, 6.45) is 3.10. The van der Waals surface area contributed by atoms with Crippen LogP contribution in [0.5, 0.6) is 0 Å². The molecule has 110 valence electrons. The molecule has 4 heteroatoms. The Balaban J connectivity index is 1.85. The minimum absolute atomic E-state index is 0.181. The van der Waals surface area contributed by atoms with E-state index >= 15 is 0 Å². The van der Waals surface area contributed by atoms with Gasteiger partial charge in [0, 0.05) is 10.5 Å². The predicted molar refractivity (Wildman–Crippen MR) is 83.8 cm³/mol. The van der Waals surface area contributed by atoms with Crippen molar-refractivity contribution in [3.05, 3.63) is 33.8 Å². The van der Waals surface area contributed by atoms with Crippen molar-refractivity contribution >= 4 is 21.9 Å². The number of fused-ring (bicyclic) bond motifs is 1. The molecule has 0 spiro atoms. The molecular formula is C16H22BrNO2. The second-order valence-corrected chi connectivity index (χ2v) is 7.24. The third kappa shape index (κ3) is 4.60. The Morgan fingerprint density at radius 2 is 2.15 bits per heavy atom. The van der Waals surface area contributed by atoms with E-state index in [2.05, 4.69) is 39.4 Å². The number of hydrogen-bond donors (Lipinski definition) is 1. The van der Waals surface area contributed by atoms with Crippen LogP contribution in [-0.4, -0.2) is 24.2 Å². The van der Waals surface area contributed by atoms with E-state index in [9.17, 15) is 4.79 Å². The average Bonchev–Trinajstić information content (AvgIpc) is 2.34. The molecule has 0 heterocycles. The van der Waals surface area contributed by atoms with E-state index < -0.39 is 5.60 Å². The highest BCUT2D eigenvalue weighted by atomic mass is 79.9. The number of ether oxygens (including phenoxy) is 1. The van der Waals surface area contributed by atoms with E-state index in [1.165, 1.54) is 11.1 Å². The van der Waals surface area contributed by atoms with Crippen molar-refractivity contribution in [1.29, 1.82) is 0 Å². The maximum Gasteiger partial charge on any atom is 0.320 e. The maximum absolute atomic E-state index is 11.7. The number of carbonyl (C=O) groups excluding carboxylic acids is 1. The number of benzene rings is 1. The highest BCUT2D eigenvalue weighted by Gasteiger charge is 2.21. The van der Waals surface area contributed by atoms with Gasteiger partial charge < -0.3 is 10.1 Å². The van der Waals surface area contributed by atoms with Gasteiger partial charge in [0.15, 0.2) is 0 Å². The largest absolute Gasteiger partial charge is 0.459 e. The first-order valence-corrected chi connectivity index (χ1v) is 7.85. The fourth-order valence-corrected chi connectivity index (χ4v) is 2.91. The molecule has 1 N–H and O–H groups in total. The number of aryl methyl sites for hydroxylation is 1. The number of carbonyl (C=O) groups is 1. The molecule has 0 bridgehead atoms. The summed E-state index contributed by atoms with van der Waals surface area (Å²) >= 11 is 3.51. The summed E-state index contributed by atoms with van der Waals surface area (Å²) in [7, 11) is 0. The molecule has 3 nitrogen and oxygen atoms in total. The summed E-state index contributed by atoms with van der Waals surface area (Å²) in [6, 6.07) is 6.80. The summed E-state index contributed by atoms with van der Waals surface area (Å²) in [6.45, 7) is 5.95. The average molecular weight is 340 g/mol. The molecule has 0 saturated heterocycles. The Bertz CT molecular complexity index is 494. The van der Waals surface area contributed by atoms with Crippen molar-refractivity contribution in [1.82, 2.24) is 5.32 Å². The van der Waals surface area contributed by atoms with Crippen LogP contribution in [0, 0.1) is 0 Å². The van der Waals surface area contributed by atoms with Crippen LogP contribution < -0.4 is 5.32 Å². The van der Waals surface area contributed by atoms with Gasteiger partial charge in [-0.25, -0.2) is 0 Å². The van der Waals surface area contributed by atoms with Crippen molar-refractivity contribution in [3.8, 4) is 0 Å². The number of rotatable bonds is 3. The Morgan fingerprint density at radius 1 is 1.40 bits per heavy atom. The third-order valence-corrected chi connectivity index (χ3v) is 3.85. The number of esters is 1. The molecule has 0 saturated carbocycles. The molecule has 0 amide bonds. The van der Waals surface area contributed by atoms with Gasteiger partial charge in [-0.05, 0) is 63.3 Å². The van der Waals surface area contributed by atoms with Gasteiger partial charge in [-0.15, -0.1) is 0 Å². The molecule has 1 aliphatic rings. The molecule has 0 fully saturated rings. The maximum atomic E-state index is 11.7. The molecule has 1 aromatic carbocycles. The molecular weight excluding hydrogens is 318 g/mol. The lowest BCUT2D eigenvalue weighted by atomic mass is 9.88. The van der Waals surface area contributed by atoms with Crippen molar-refractivity contribution in [2.24, 2.45) is 0 Å². The summed E-state index contributed by atoms with van der Waals surface area (Å²) in [5.41, 5.74) is 2.38. The van der Waals surface area contributed by atoms with Crippen LogP contribution in [-0.2, 0) is 22.4 Å². The Labute approximate surface area is 129 Å². The van der Waals surface area contributed by atoms with Gasteiger partial charge in [0.25, 0.3) is 0 Å². The molecule has 0 aromatic heterocycles. The normalized spacial score (nSPS) is 18.5.